The Labute approximate surface area is 239 Å². The number of ether oxygens (including phenoxy) is 3. The first-order chi connectivity index (χ1) is 20.0. The third-order valence-electron chi connectivity index (χ3n) is 6.74. The van der Waals surface area contributed by atoms with Crippen molar-refractivity contribution in [2.75, 3.05) is 33.5 Å². The first-order valence-electron chi connectivity index (χ1n) is 13.5. The van der Waals surface area contributed by atoms with Crippen LogP contribution in [0.4, 0.5) is 0 Å². The van der Waals surface area contributed by atoms with E-state index >= 15 is 0 Å². The highest BCUT2D eigenvalue weighted by molar-refractivity contribution is 6.01. The number of carbonyl (C=O) groups excluding carboxylic acids is 1. The Morgan fingerprint density at radius 3 is 2.46 bits per heavy atom. The molecule has 0 unspecified atom stereocenters. The summed E-state index contributed by atoms with van der Waals surface area (Å²) in [4.78, 5) is 18.9. The van der Waals surface area contributed by atoms with Crippen molar-refractivity contribution in [3.05, 3.63) is 102 Å². The van der Waals surface area contributed by atoms with Crippen LogP contribution in [0.1, 0.15) is 35.6 Å². The second-order valence-corrected chi connectivity index (χ2v) is 9.62. The monoisotopic (exact) mass is 560 g/mol. The van der Waals surface area contributed by atoms with E-state index in [0.29, 0.717) is 35.7 Å². The maximum absolute atomic E-state index is 14.0. The molecule has 3 aromatic rings. The van der Waals surface area contributed by atoms with Crippen molar-refractivity contribution in [3.8, 4) is 11.5 Å². The fraction of sp³-hybridized carbons (Fsp3) is 0.312. The van der Waals surface area contributed by atoms with E-state index in [1.807, 2.05) is 54.6 Å². The van der Waals surface area contributed by atoms with Crippen LogP contribution in [-0.4, -0.2) is 72.2 Å². The lowest BCUT2D eigenvalue weighted by Gasteiger charge is -2.31. The minimum atomic E-state index is -1.47. The number of amides is 1. The van der Waals surface area contributed by atoms with Gasteiger partial charge in [-0.2, -0.15) is 0 Å². The van der Waals surface area contributed by atoms with Crippen LogP contribution in [-0.2, 0) is 9.53 Å². The molecule has 3 aromatic carbocycles. The van der Waals surface area contributed by atoms with E-state index in [-0.39, 0.29) is 18.9 Å². The van der Waals surface area contributed by atoms with Gasteiger partial charge in [0.05, 0.1) is 33.0 Å². The Balaban J connectivity index is 1.77. The molecule has 4 N–H and O–H groups in total. The summed E-state index contributed by atoms with van der Waals surface area (Å²) in [6.45, 7) is -0.432. The van der Waals surface area contributed by atoms with Crippen LogP contribution in [0.15, 0.2) is 89.9 Å². The predicted molar refractivity (Wildman–Crippen MR) is 156 cm³/mol. The van der Waals surface area contributed by atoms with Crippen LogP contribution < -0.4 is 14.8 Å². The minimum Gasteiger partial charge on any atom is -0.497 e. The highest BCUT2D eigenvalue weighted by Gasteiger charge is 2.53. The van der Waals surface area contributed by atoms with Crippen LogP contribution >= 0.6 is 0 Å². The molecule has 0 aliphatic carbocycles. The molecule has 1 amide bonds. The lowest BCUT2D eigenvalue weighted by molar-refractivity contribution is -0.130. The molecule has 4 rings (SSSR count). The number of rotatable bonds is 14. The summed E-state index contributed by atoms with van der Waals surface area (Å²) >= 11 is 0. The molecule has 0 saturated carbocycles. The standard InChI is InChI=1S/C32H36N2O7/c1-39-28-12-5-11-25(20-28)29-32(31(38)33-26(21-36)22-37,17-6-10-23-8-3-2-4-9-23)34-30(41-29)24-13-15-27(16-14-24)40-19-7-18-35/h2-6,8-16,20,26,29,35-37H,7,17-19,21-22H2,1H3,(H,33,38)/b10-6+/t29-,32-/m1/s1. The summed E-state index contributed by atoms with van der Waals surface area (Å²) in [6.07, 6.45) is 3.65. The quantitative estimate of drug-likeness (QED) is 0.223. The number of aliphatic hydroxyl groups is 3. The molecule has 0 radical (unpaired) electrons. The topological polar surface area (TPSA) is 130 Å². The van der Waals surface area contributed by atoms with Crippen LogP contribution in [0, 0.1) is 0 Å². The van der Waals surface area contributed by atoms with Crippen molar-refractivity contribution in [1.29, 1.82) is 0 Å². The van der Waals surface area contributed by atoms with Crippen molar-refractivity contribution in [2.24, 2.45) is 4.99 Å². The molecule has 0 saturated heterocycles. The molecule has 0 aromatic heterocycles. The van der Waals surface area contributed by atoms with Gasteiger partial charge in [-0.05, 0) is 47.5 Å². The number of nitrogens with one attached hydrogen (secondary N) is 1. The normalized spacial score (nSPS) is 18.3. The van der Waals surface area contributed by atoms with Gasteiger partial charge in [-0.15, -0.1) is 0 Å². The molecule has 1 heterocycles. The van der Waals surface area contributed by atoms with Gasteiger partial charge in [-0.25, -0.2) is 4.99 Å². The van der Waals surface area contributed by atoms with Crippen LogP contribution in [0.2, 0.25) is 0 Å². The number of methoxy groups -OCH3 is 1. The Bertz CT molecular complexity index is 1320. The fourth-order valence-electron chi connectivity index (χ4n) is 4.52. The Kier molecular flexibility index (Phi) is 10.5. The number of aliphatic hydroxyl groups excluding tert-OH is 3. The number of benzene rings is 3. The summed E-state index contributed by atoms with van der Waals surface area (Å²) in [7, 11) is 1.57. The average Bonchev–Trinajstić information content (AvgIpc) is 3.41. The van der Waals surface area contributed by atoms with E-state index in [1.165, 1.54) is 0 Å². The fourth-order valence-corrected chi connectivity index (χ4v) is 4.52. The number of carbonyl (C=O) groups is 1. The highest BCUT2D eigenvalue weighted by Crippen LogP contribution is 2.43. The van der Waals surface area contributed by atoms with Gasteiger partial charge >= 0.3 is 0 Å². The van der Waals surface area contributed by atoms with E-state index in [9.17, 15) is 15.0 Å². The van der Waals surface area contributed by atoms with Gasteiger partial charge in [-0.3, -0.25) is 4.79 Å². The molecular formula is C32H36N2O7. The van der Waals surface area contributed by atoms with E-state index in [4.69, 9.17) is 24.3 Å². The van der Waals surface area contributed by atoms with Crippen molar-refractivity contribution in [2.45, 2.75) is 30.5 Å². The number of hydrogen-bond donors (Lipinski definition) is 4. The number of hydrogen-bond acceptors (Lipinski definition) is 8. The molecule has 0 spiro atoms. The van der Waals surface area contributed by atoms with Crippen molar-refractivity contribution < 1.29 is 34.3 Å². The van der Waals surface area contributed by atoms with Crippen LogP contribution in [0.3, 0.4) is 0 Å². The van der Waals surface area contributed by atoms with Crippen molar-refractivity contribution in [3.63, 3.8) is 0 Å². The van der Waals surface area contributed by atoms with Crippen molar-refractivity contribution in [1.82, 2.24) is 5.32 Å². The lowest BCUT2D eigenvalue weighted by Crippen LogP contribution is -2.53. The maximum Gasteiger partial charge on any atom is 0.253 e. The zero-order valence-electron chi connectivity index (χ0n) is 23.0. The van der Waals surface area contributed by atoms with E-state index in [0.717, 1.165) is 5.56 Å². The molecule has 1 aliphatic heterocycles. The second kappa shape index (κ2) is 14.5. The van der Waals surface area contributed by atoms with Gasteiger partial charge in [0, 0.05) is 25.0 Å². The lowest BCUT2D eigenvalue weighted by atomic mass is 9.83. The maximum atomic E-state index is 14.0. The van der Waals surface area contributed by atoms with Gasteiger partial charge < -0.3 is 34.8 Å². The predicted octanol–water partition coefficient (Wildman–Crippen LogP) is 3.29. The molecule has 1 aliphatic rings. The number of aliphatic imine (C=N–C) groups is 1. The second-order valence-electron chi connectivity index (χ2n) is 9.62. The molecule has 2 atom stereocenters. The summed E-state index contributed by atoms with van der Waals surface area (Å²) < 4.78 is 17.6. The van der Waals surface area contributed by atoms with Gasteiger partial charge in [0.15, 0.2) is 11.6 Å². The largest absolute Gasteiger partial charge is 0.497 e. The third-order valence-corrected chi connectivity index (χ3v) is 6.74. The highest BCUT2D eigenvalue weighted by atomic mass is 16.5. The van der Waals surface area contributed by atoms with Gasteiger partial charge in [0.25, 0.3) is 5.91 Å². The van der Waals surface area contributed by atoms with E-state index in [1.54, 1.807) is 43.5 Å². The van der Waals surface area contributed by atoms with E-state index < -0.39 is 36.8 Å². The summed E-state index contributed by atoms with van der Waals surface area (Å²) in [5.74, 6) is 1.01. The Morgan fingerprint density at radius 1 is 1.02 bits per heavy atom. The molecule has 9 nitrogen and oxygen atoms in total. The summed E-state index contributed by atoms with van der Waals surface area (Å²) in [5.41, 5.74) is 0.825. The number of nitrogens with zero attached hydrogens (tertiary/aromatic N) is 1. The van der Waals surface area contributed by atoms with Gasteiger partial charge in [-0.1, -0.05) is 54.6 Å². The van der Waals surface area contributed by atoms with Crippen LogP contribution in [0.5, 0.6) is 11.5 Å². The summed E-state index contributed by atoms with van der Waals surface area (Å²) in [6, 6.07) is 23.3. The first kappa shape index (κ1) is 29.8. The van der Waals surface area contributed by atoms with E-state index in [2.05, 4.69) is 5.32 Å². The van der Waals surface area contributed by atoms with Gasteiger partial charge in [0.1, 0.15) is 11.5 Å². The van der Waals surface area contributed by atoms with Gasteiger partial charge in [0.2, 0.25) is 5.90 Å². The molecule has 0 fully saturated rings. The minimum absolute atomic E-state index is 0.0463. The molecular weight excluding hydrogens is 524 g/mol. The molecule has 41 heavy (non-hydrogen) atoms. The Morgan fingerprint density at radius 2 is 1.78 bits per heavy atom. The first-order valence-corrected chi connectivity index (χ1v) is 13.5. The SMILES string of the molecule is COc1cccc([C@H]2OC(c3ccc(OCCCO)cc3)=N[C@@]2(C/C=C/c2ccccc2)C(=O)NC(CO)CO)c1. The molecule has 216 valence electrons. The zero-order chi connectivity index (χ0) is 29.1. The summed E-state index contributed by atoms with van der Waals surface area (Å²) in [5, 5.41) is 31.2. The Hall–Kier alpha value is -4.18. The van der Waals surface area contributed by atoms with Crippen LogP contribution in [0.25, 0.3) is 6.08 Å². The zero-order valence-corrected chi connectivity index (χ0v) is 23.0. The van der Waals surface area contributed by atoms with Crippen molar-refractivity contribution >= 4 is 17.9 Å². The molecule has 0 bridgehead atoms. The smallest absolute Gasteiger partial charge is 0.253 e. The molecule has 9 heteroatoms. The third kappa shape index (κ3) is 7.32. The average molecular weight is 561 g/mol.